The van der Waals surface area contributed by atoms with Gasteiger partial charge in [-0.2, -0.15) is 0 Å². The van der Waals surface area contributed by atoms with E-state index in [1.165, 1.54) is 0 Å². The van der Waals surface area contributed by atoms with Crippen molar-refractivity contribution in [2.24, 2.45) is 0 Å². The first-order valence-corrected chi connectivity index (χ1v) is 9.05. The molecule has 0 fully saturated rings. The van der Waals surface area contributed by atoms with Gasteiger partial charge in [-0.3, -0.25) is 4.79 Å². The molecule has 0 aliphatic rings. The van der Waals surface area contributed by atoms with E-state index in [0.29, 0.717) is 0 Å². The molecule has 2 atom stereocenters. The van der Waals surface area contributed by atoms with Gasteiger partial charge in [-0.1, -0.05) is 12.1 Å². The molecule has 2 rings (SSSR count). The highest BCUT2D eigenvalue weighted by Gasteiger charge is 2.23. The molecule has 0 aromatic heterocycles. The Hall–Kier alpha value is -2.14. The number of thioether (sulfide) groups is 1. The lowest BCUT2D eigenvalue weighted by atomic mass is 10.1. The molecule has 0 saturated carbocycles. The molecule has 0 spiro atoms. The van der Waals surface area contributed by atoms with Crippen LogP contribution in [0.15, 0.2) is 53.4 Å². The minimum absolute atomic E-state index is 0.00248. The van der Waals surface area contributed by atoms with Crippen molar-refractivity contribution in [3.8, 4) is 11.5 Å². The van der Waals surface area contributed by atoms with Crippen LogP contribution in [0.25, 0.3) is 0 Å². The quantitative estimate of drug-likeness (QED) is 0.687. The number of methoxy groups -OCH3 is 2. The SMILES string of the molecule is COc1ccc(SC(C)C(=O)N(C)C(C)c2ccc(OC)cc2)cc1. The van der Waals surface area contributed by atoms with Crippen LogP contribution in [0.3, 0.4) is 0 Å². The molecule has 0 bridgehead atoms. The van der Waals surface area contributed by atoms with Gasteiger partial charge in [-0.05, 0) is 55.8 Å². The third-order valence-corrected chi connectivity index (χ3v) is 5.35. The van der Waals surface area contributed by atoms with Gasteiger partial charge in [-0.25, -0.2) is 0 Å². The van der Waals surface area contributed by atoms with Crippen LogP contribution in [0.4, 0.5) is 0 Å². The highest BCUT2D eigenvalue weighted by atomic mass is 32.2. The van der Waals surface area contributed by atoms with Crippen molar-refractivity contribution < 1.29 is 14.3 Å². The fraction of sp³-hybridized carbons (Fsp3) is 0.350. The number of rotatable bonds is 7. The lowest BCUT2D eigenvalue weighted by Crippen LogP contribution is -2.35. The maximum absolute atomic E-state index is 12.8. The first kappa shape index (κ1) is 19.2. The largest absolute Gasteiger partial charge is 0.497 e. The number of hydrogen-bond acceptors (Lipinski definition) is 4. The summed E-state index contributed by atoms with van der Waals surface area (Å²) in [6.07, 6.45) is 0. The van der Waals surface area contributed by atoms with E-state index in [4.69, 9.17) is 9.47 Å². The standard InChI is InChI=1S/C20H25NO3S/c1-14(16-6-8-17(23-4)9-7-16)21(3)20(22)15(2)25-19-12-10-18(24-5)11-13-19/h6-15H,1-5H3. The van der Waals surface area contributed by atoms with Crippen molar-refractivity contribution in [1.29, 1.82) is 0 Å². The molecule has 134 valence electrons. The smallest absolute Gasteiger partial charge is 0.236 e. The van der Waals surface area contributed by atoms with Crippen LogP contribution >= 0.6 is 11.8 Å². The van der Waals surface area contributed by atoms with Crippen LogP contribution in [0.2, 0.25) is 0 Å². The topological polar surface area (TPSA) is 38.8 Å². The Morgan fingerprint density at radius 2 is 1.40 bits per heavy atom. The Labute approximate surface area is 154 Å². The third kappa shape index (κ3) is 4.92. The van der Waals surface area contributed by atoms with Crippen molar-refractivity contribution >= 4 is 17.7 Å². The third-order valence-electron chi connectivity index (χ3n) is 4.25. The summed E-state index contributed by atoms with van der Waals surface area (Å²) in [5.41, 5.74) is 1.08. The van der Waals surface area contributed by atoms with Crippen molar-refractivity contribution in [3.63, 3.8) is 0 Å². The van der Waals surface area contributed by atoms with E-state index >= 15 is 0 Å². The Kier molecular flexibility index (Phi) is 6.76. The molecule has 0 saturated heterocycles. The van der Waals surface area contributed by atoms with Gasteiger partial charge in [0.1, 0.15) is 11.5 Å². The van der Waals surface area contributed by atoms with Crippen LogP contribution in [0.1, 0.15) is 25.5 Å². The Bertz CT molecular complexity index is 685. The lowest BCUT2D eigenvalue weighted by Gasteiger charge is -2.28. The van der Waals surface area contributed by atoms with Gasteiger partial charge in [0.25, 0.3) is 0 Å². The summed E-state index contributed by atoms with van der Waals surface area (Å²) in [5, 5.41) is -0.168. The normalized spacial score (nSPS) is 13.0. The maximum atomic E-state index is 12.8. The average Bonchev–Trinajstić information content (AvgIpc) is 2.66. The van der Waals surface area contributed by atoms with Gasteiger partial charge in [0, 0.05) is 11.9 Å². The second-order valence-electron chi connectivity index (χ2n) is 5.83. The number of nitrogens with zero attached hydrogens (tertiary/aromatic N) is 1. The summed E-state index contributed by atoms with van der Waals surface area (Å²) in [6.45, 7) is 3.97. The van der Waals surface area contributed by atoms with Gasteiger partial charge in [0.2, 0.25) is 5.91 Å². The molecule has 4 nitrogen and oxygen atoms in total. The minimum Gasteiger partial charge on any atom is -0.497 e. The molecule has 2 aromatic carbocycles. The van der Waals surface area contributed by atoms with E-state index in [0.717, 1.165) is 22.0 Å². The zero-order valence-corrected chi connectivity index (χ0v) is 16.2. The monoisotopic (exact) mass is 359 g/mol. The van der Waals surface area contributed by atoms with Crippen LogP contribution in [-0.2, 0) is 4.79 Å². The summed E-state index contributed by atoms with van der Waals surface area (Å²) >= 11 is 1.55. The zero-order valence-electron chi connectivity index (χ0n) is 15.4. The highest BCUT2D eigenvalue weighted by Crippen LogP contribution is 2.29. The van der Waals surface area contributed by atoms with Crippen LogP contribution in [0, 0.1) is 0 Å². The second-order valence-corrected chi connectivity index (χ2v) is 7.25. The molecule has 0 aliphatic carbocycles. The maximum Gasteiger partial charge on any atom is 0.236 e. The molecule has 5 heteroatoms. The number of hydrogen-bond donors (Lipinski definition) is 0. The predicted molar refractivity (Wildman–Crippen MR) is 102 cm³/mol. The Morgan fingerprint density at radius 1 is 0.920 bits per heavy atom. The fourth-order valence-electron chi connectivity index (χ4n) is 2.49. The van der Waals surface area contributed by atoms with Crippen LogP contribution < -0.4 is 9.47 Å². The molecule has 0 radical (unpaired) electrons. The van der Waals surface area contributed by atoms with Crippen LogP contribution in [-0.4, -0.2) is 37.3 Å². The fourth-order valence-corrected chi connectivity index (χ4v) is 3.46. The predicted octanol–water partition coefficient (Wildman–Crippen LogP) is 4.40. The van der Waals surface area contributed by atoms with Crippen molar-refractivity contribution in [1.82, 2.24) is 4.90 Å². The average molecular weight is 359 g/mol. The molecule has 0 N–H and O–H groups in total. The summed E-state index contributed by atoms with van der Waals surface area (Å²) in [4.78, 5) is 15.6. The second kappa shape index (κ2) is 8.81. The lowest BCUT2D eigenvalue weighted by molar-refractivity contribution is -0.130. The van der Waals surface area contributed by atoms with Gasteiger partial charge >= 0.3 is 0 Å². The van der Waals surface area contributed by atoms with Crippen molar-refractivity contribution in [2.75, 3.05) is 21.3 Å². The molecule has 2 aromatic rings. The number of amides is 1. The Morgan fingerprint density at radius 3 is 1.88 bits per heavy atom. The van der Waals surface area contributed by atoms with Gasteiger partial charge in [0.05, 0.1) is 25.5 Å². The molecule has 25 heavy (non-hydrogen) atoms. The number of ether oxygens (including phenoxy) is 2. The van der Waals surface area contributed by atoms with Crippen molar-refractivity contribution in [3.05, 3.63) is 54.1 Å². The molecular formula is C20H25NO3S. The number of carbonyl (C=O) groups excluding carboxylic acids is 1. The summed E-state index contributed by atoms with van der Waals surface area (Å²) in [7, 11) is 5.14. The zero-order chi connectivity index (χ0) is 18.4. The first-order chi connectivity index (χ1) is 12.0. The first-order valence-electron chi connectivity index (χ1n) is 8.17. The Balaban J connectivity index is 2.01. The molecule has 0 aliphatic heterocycles. The van der Waals surface area contributed by atoms with Gasteiger partial charge in [-0.15, -0.1) is 11.8 Å². The number of benzene rings is 2. The van der Waals surface area contributed by atoms with Crippen molar-refractivity contribution in [2.45, 2.75) is 30.0 Å². The van der Waals surface area contributed by atoms with E-state index in [1.807, 2.05) is 69.4 Å². The van der Waals surface area contributed by atoms with E-state index in [9.17, 15) is 4.79 Å². The van der Waals surface area contributed by atoms with E-state index in [-0.39, 0.29) is 17.2 Å². The van der Waals surface area contributed by atoms with E-state index < -0.39 is 0 Å². The molecule has 1 amide bonds. The molecule has 2 unspecified atom stereocenters. The summed E-state index contributed by atoms with van der Waals surface area (Å²) < 4.78 is 10.3. The highest BCUT2D eigenvalue weighted by molar-refractivity contribution is 8.00. The summed E-state index contributed by atoms with van der Waals surface area (Å²) in [5.74, 6) is 1.73. The molecule has 0 heterocycles. The van der Waals surface area contributed by atoms with Crippen LogP contribution in [0.5, 0.6) is 11.5 Å². The minimum atomic E-state index is -0.168. The van der Waals surface area contributed by atoms with Gasteiger partial charge < -0.3 is 14.4 Å². The van der Waals surface area contributed by atoms with E-state index in [1.54, 1.807) is 30.9 Å². The summed E-state index contributed by atoms with van der Waals surface area (Å²) in [6, 6.07) is 15.6. The molecular weight excluding hydrogens is 334 g/mol. The number of carbonyl (C=O) groups is 1. The van der Waals surface area contributed by atoms with E-state index in [2.05, 4.69) is 0 Å². The van der Waals surface area contributed by atoms with Gasteiger partial charge in [0.15, 0.2) is 0 Å².